The van der Waals surface area contributed by atoms with Gasteiger partial charge in [0.1, 0.15) is 6.04 Å². The zero-order chi connectivity index (χ0) is 18.5. The Bertz CT molecular complexity index is 918. The normalized spacial score (nSPS) is 12.2. The SMILES string of the molecule is O=C(CC(NCCc1c[nH]c2ccccc12)C(=O)O)c1ccc(Cl)cc1. The van der Waals surface area contributed by atoms with Gasteiger partial charge in [0.25, 0.3) is 0 Å². The molecule has 1 atom stereocenters. The van der Waals surface area contributed by atoms with Crippen molar-refractivity contribution in [2.24, 2.45) is 0 Å². The highest BCUT2D eigenvalue weighted by Crippen LogP contribution is 2.18. The molecule has 26 heavy (non-hydrogen) atoms. The number of hydrogen-bond acceptors (Lipinski definition) is 3. The molecule has 1 heterocycles. The Morgan fingerprint density at radius 2 is 1.85 bits per heavy atom. The van der Waals surface area contributed by atoms with Gasteiger partial charge in [-0.2, -0.15) is 0 Å². The van der Waals surface area contributed by atoms with E-state index in [2.05, 4.69) is 10.3 Å². The molecular formula is C20H19ClN2O3. The van der Waals surface area contributed by atoms with E-state index >= 15 is 0 Å². The quantitative estimate of drug-likeness (QED) is 0.528. The van der Waals surface area contributed by atoms with Crippen molar-refractivity contribution in [3.63, 3.8) is 0 Å². The van der Waals surface area contributed by atoms with Crippen LogP contribution >= 0.6 is 11.6 Å². The second-order valence-corrected chi connectivity index (χ2v) is 6.53. The molecule has 0 saturated heterocycles. The summed E-state index contributed by atoms with van der Waals surface area (Å²) in [5.41, 5.74) is 2.62. The Morgan fingerprint density at radius 3 is 2.58 bits per heavy atom. The van der Waals surface area contributed by atoms with Gasteiger partial charge >= 0.3 is 5.97 Å². The number of aromatic amines is 1. The van der Waals surface area contributed by atoms with Crippen LogP contribution in [0.25, 0.3) is 10.9 Å². The molecule has 6 heteroatoms. The fourth-order valence-electron chi connectivity index (χ4n) is 2.91. The average molecular weight is 371 g/mol. The highest BCUT2D eigenvalue weighted by molar-refractivity contribution is 6.30. The zero-order valence-electron chi connectivity index (χ0n) is 14.0. The van der Waals surface area contributed by atoms with Crippen LogP contribution in [0.15, 0.2) is 54.7 Å². The van der Waals surface area contributed by atoms with Crippen LogP contribution < -0.4 is 5.32 Å². The lowest BCUT2D eigenvalue weighted by molar-refractivity contribution is -0.139. The number of ketones is 1. The maximum absolute atomic E-state index is 12.3. The smallest absolute Gasteiger partial charge is 0.321 e. The number of rotatable bonds is 8. The van der Waals surface area contributed by atoms with Gasteiger partial charge in [-0.25, -0.2) is 0 Å². The van der Waals surface area contributed by atoms with E-state index in [0.29, 0.717) is 23.6 Å². The van der Waals surface area contributed by atoms with E-state index in [4.69, 9.17) is 11.6 Å². The fourth-order valence-corrected chi connectivity index (χ4v) is 3.03. The van der Waals surface area contributed by atoms with Crippen molar-refractivity contribution in [2.45, 2.75) is 18.9 Å². The molecule has 0 saturated carbocycles. The first-order valence-corrected chi connectivity index (χ1v) is 8.72. The largest absolute Gasteiger partial charge is 0.480 e. The Labute approximate surface area is 156 Å². The Morgan fingerprint density at radius 1 is 1.12 bits per heavy atom. The van der Waals surface area contributed by atoms with Crippen LogP contribution in [0.5, 0.6) is 0 Å². The van der Waals surface area contributed by atoms with E-state index in [-0.39, 0.29) is 12.2 Å². The molecule has 2 aromatic carbocycles. The maximum atomic E-state index is 12.3. The summed E-state index contributed by atoms with van der Waals surface area (Å²) in [6, 6.07) is 13.5. The molecule has 134 valence electrons. The van der Waals surface area contributed by atoms with Crippen molar-refractivity contribution in [1.29, 1.82) is 0 Å². The molecule has 1 aromatic heterocycles. The van der Waals surface area contributed by atoms with Gasteiger partial charge in [0, 0.05) is 40.7 Å². The molecule has 3 rings (SSSR count). The number of H-pyrrole nitrogens is 1. The summed E-state index contributed by atoms with van der Waals surface area (Å²) in [6.45, 7) is 0.465. The standard InChI is InChI=1S/C20H19ClN2O3/c21-15-7-5-13(6-8-15)19(24)11-18(20(25)26)22-10-9-14-12-23-17-4-2-1-3-16(14)17/h1-8,12,18,22-23H,9-11H2,(H,25,26). The molecule has 0 aliphatic rings. The number of carboxylic acid groups (broad SMARTS) is 1. The Balaban J connectivity index is 1.59. The lowest BCUT2D eigenvalue weighted by atomic mass is 10.0. The fraction of sp³-hybridized carbons (Fsp3) is 0.200. The number of aliphatic carboxylic acids is 1. The third-order valence-corrected chi connectivity index (χ3v) is 4.57. The summed E-state index contributed by atoms with van der Waals surface area (Å²) in [4.78, 5) is 27.0. The Hall–Kier alpha value is -2.63. The number of Topliss-reactive ketones (excluding diaryl/α,β-unsaturated/α-hetero) is 1. The van der Waals surface area contributed by atoms with Crippen molar-refractivity contribution in [3.8, 4) is 0 Å². The molecule has 0 aliphatic heterocycles. The summed E-state index contributed by atoms with van der Waals surface area (Å²) in [6.07, 6.45) is 2.49. The number of carbonyl (C=O) groups excluding carboxylic acids is 1. The van der Waals surface area contributed by atoms with Crippen LogP contribution in [-0.2, 0) is 11.2 Å². The van der Waals surface area contributed by atoms with Crippen LogP contribution in [0, 0.1) is 0 Å². The molecule has 5 nitrogen and oxygen atoms in total. The van der Waals surface area contributed by atoms with Crippen molar-refractivity contribution >= 4 is 34.3 Å². The van der Waals surface area contributed by atoms with Crippen molar-refractivity contribution in [2.75, 3.05) is 6.54 Å². The van der Waals surface area contributed by atoms with Crippen LogP contribution in [0.4, 0.5) is 0 Å². The molecule has 1 unspecified atom stereocenters. The van der Waals surface area contributed by atoms with E-state index in [9.17, 15) is 14.7 Å². The first-order chi connectivity index (χ1) is 12.5. The molecule has 0 aliphatic carbocycles. The van der Waals surface area contributed by atoms with Crippen molar-refractivity contribution in [3.05, 3.63) is 70.9 Å². The van der Waals surface area contributed by atoms with Gasteiger partial charge in [-0.15, -0.1) is 0 Å². The molecule has 0 fully saturated rings. The number of para-hydroxylation sites is 1. The van der Waals surface area contributed by atoms with Crippen molar-refractivity contribution < 1.29 is 14.7 Å². The minimum absolute atomic E-state index is 0.106. The number of halogens is 1. The van der Waals surface area contributed by atoms with Gasteiger partial charge in [-0.3, -0.25) is 9.59 Å². The van der Waals surface area contributed by atoms with E-state index < -0.39 is 12.0 Å². The first kappa shape index (κ1) is 18.2. The number of carboxylic acids is 1. The monoisotopic (exact) mass is 370 g/mol. The second kappa shape index (κ2) is 8.17. The Kier molecular flexibility index (Phi) is 5.71. The third-order valence-electron chi connectivity index (χ3n) is 4.31. The molecular weight excluding hydrogens is 352 g/mol. The molecule has 0 spiro atoms. The summed E-state index contributed by atoms with van der Waals surface area (Å²) in [5, 5.41) is 14.0. The molecule has 0 radical (unpaired) electrons. The minimum atomic E-state index is -1.04. The van der Waals surface area contributed by atoms with Crippen LogP contribution in [0.3, 0.4) is 0 Å². The number of carbonyl (C=O) groups is 2. The molecule has 0 amide bonds. The van der Waals surface area contributed by atoms with Gasteiger partial charge < -0.3 is 15.4 Å². The number of aromatic nitrogens is 1. The predicted molar refractivity (Wildman–Crippen MR) is 102 cm³/mol. The van der Waals surface area contributed by atoms with Gasteiger partial charge in [0.15, 0.2) is 5.78 Å². The number of benzene rings is 2. The number of hydrogen-bond donors (Lipinski definition) is 3. The zero-order valence-corrected chi connectivity index (χ0v) is 14.8. The van der Waals surface area contributed by atoms with E-state index in [1.165, 1.54) is 0 Å². The topological polar surface area (TPSA) is 82.2 Å². The van der Waals surface area contributed by atoms with Gasteiger partial charge in [0.2, 0.25) is 0 Å². The average Bonchev–Trinajstić information content (AvgIpc) is 3.04. The summed E-state index contributed by atoms with van der Waals surface area (Å²) < 4.78 is 0. The molecule has 0 bridgehead atoms. The first-order valence-electron chi connectivity index (χ1n) is 8.34. The molecule has 3 aromatic rings. The third kappa shape index (κ3) is 4.31. The van der Waals surface area contributed by atoms with Crippen LogP contribution in [0.2, 0.25) is 5.02 Å². The van der Waals surface area contributed by atoms with Crippen LogP contribution in [-0.4, -0.2) is 34.4 Å². The maximum Gasteiger partial charge on any atom is 0.321 e. The van der Waals surface area contributed by atoms with E-state index in [1.54, 1.807) is 24.3 Å². The lowest BCUT2D eigenvalue weighted by Crippen LogP contribution is -2.39. The van der Waals surface area contributed by atoms with Crippen LogP contribution in [0.1, 0.15) is 22.3 Å². The minimum Gasteiger partial charge on any atom is -0.480 e. The van der Waals surface area contributed by atoms with E-state index in [0.717, 1.165) is 16.5 Å². The van der Waals surface area contributed by atoms with Gasteiger partial charge in [-0.05, 0) is 42.3 Å². The van der Waals surface area contributed by atoms with Gasteiger partial charge in [0.05, 0.1) is 0 Å². The van der Waals surface area contributed by atoms with E-state index in [1.807, 2.05) is 30.5 Å². The predicted octanol–water partition coefficient (Wildman–Crippen LogP) is 3.68. The summed E-state index contributed by atoms with van der Waals surface area (Å²) in [5.74, 6) is -1.26. The lowest BCUT2D eigenvalue weighted by Gasteiger charge is -2.13. The summed E-state index contributed by atoms with van der Waals surface area (Å²) >= 11 is 5.81. The molecule has 3 N–H and O–H groups in total. The highest BCUT2D eigenvalue weighted by atomic mass is 35.5. The number of fused-ring (bicyclic) bond motifs is 1. The number of nitrogens with one attached hydrogen (secondary N) is 2. The van der Waals surface area contributed by atoms with Crippen molar-refractivity contribution in [1.82, 2.24) is 10.3 Å². The summed E-state index contributed by atoms with van der Waals surface area (Å²) in [7, 11) is 0. The van der Waals surface area contributed by atoms with Gasteiger partial charge in [-0.1, -0.05) is 29.8 Å². The second-order valence-electron chi connectivity index (χ2n) is 6.09. The highest BCUT2D eigenvalue weighted by Gasteiger charge is 2.21.